The Bertz CT molecular complexity index is 1130. The van der Waals surface area contributed by atoms with Crippen LogP contribution in [0.3, 0.4) is 0 Å². The van der Waals surface area contributed by atoms with Crippen LogP contribution in [0, 0.1) is 5.92 Å². The van der Waals surface area contributed by atoms with E-state index >= 15 is 0 Å². The molecule has 4 bridgehead atoms. The number of nitrogens with one attached hydrogen (secondary N) is 2. The first-order valence-electron chi connectivity index (χ1n) is 14.4. The highest BCUT2D eigenvalue weighted by Crippen LogP contribution is 2.23. The molecule has 1 aromatic rings. The number of carbonyl (C=O) groups excluding carboxylic acids is 4. The number of hydrogen-bond acceptors (Lipinski definition) is 10. The molecule has 41 heavy (non-hydrogen) atoms. The fourth-order valence-corrected chi connectivity index (χ4v) is 5.03. The highest BCUT2D eigenvalue weighted by Gasteiger charge is 2.43. The third-order valence-electron chi connectivity index (χ3n) is 6.78. The summed E-state index contributed by atoms with van der Waals surface area (Å²) in [4.78, 5) is 60.0. The highest BCUT2D eigenvalue weighted by atomic mass is 32.2. The molecule has 12 heteroatoms. The summed E-state index contributed by atoms with van der Waals surface area (Å²) >= 11 is 1.29. The van der Waals surface area contributed by atoms with Crippen molar-refractivity contribution in [3.05, 3.63) is 30.0 Å². The second-order valence-electron chi connectivity index (χ2n) is 10.9. The van der Waals surface area contributed by atoms with Gasteiger partial charge in [-0.05, 0) is 31.8 Å². The van der Waals surface area contributed by atoms with Crippen molar-refractivity contribution >= 4 is 40.6 Å². The van der Waals surface area contributed by atoms with Gasteiger partial charge in [0.15, 0.2) is 16.3 Å². The summed E-state index contributed by atoms with van der Waals surface area (Å²) in [5, 5.41) is 5.65. The predicted molar refractivity (Wildman–Crippen MR) is 155 cm³/mol. The number of rotatable bonds is 11. The van der Waals surface area contributed by atoms with Crippen molar-refractivity contribution in [2.45, 2.75) is 103 Å². The lowest BCUT2D eigenvalue weighted by Gasteiger charge is -2.26. The number of allylic oxidation sites excluding steroid dienone is 1. The van der Waals surface area contributed by atoms with Gasteiger partial charge in [0.1, 0.15) is 25.0 Å². The summed E-state index contributed by atoms with van der Waals surface area (Å²) in [5.41, 5.74) is -0.955. The summed E-state index contributed by atoms with van der Waals surface area (Å²) in [7, 11) is 0. The van der Waals surface area contributed by atoms with Crippen LogP contribution in [0.25, 0.3) is 0 Å². The summed E-state index contributed by atoms with van der Waals surface area (Å²) in [6, 6.07) is -0.963. The normalized spacial score (nSPS) is 23.6. The maximum absolute atomic E-state index is 13.2. The van der Waals surface area contributed by atoms with Crippen LogP contribution in [-0.4, -0.2) is 63.8 Å². The summed E-state index contributed by atoms with van der Waals surface area (Å²) in [6.07, 6.45) is 10.5. The molecule has 0 radical (unpaired) electrons. The molecule has 1 aromatic heterocycles. The molecule has 3 heterocycles. The molecular weight excluding hydrogens is 548 g/mol. The summed E-state index contributed by atoms with van der Waals surface area (Å²) < 4.78 is 16.8. The lowest BCUT2D eigenvalue weighted by molar-refractivity contribution is -0.153. The Hall–Kier alpha value is -3.15. The molecule has 2 amide bonds. The Morgan fingerprint density at radius 3 is 2.76 bits per heavy atom. The average Bonchev–Trinajstić information content (AvgIpc) is 3.56. The number of thioether (sulfide) groups is 1. The van der Waals surface area contributed by atoms with Gasteiger partial charge in [0.25, 0.3) is 5.91 Å². The predicted octanol–water partition coefficient (Wildman–Crippen LogP) is 3.85. The third kappa shape index (κ3) is 10.0. The quantitative estimate of drug-likeness (QED) is 0.223. The van der Waals surface area contributed by atoms with E-state index < -0.39 is 29.6 Å². The van der Waals surface area contributed by atoms with Crippen molar-refractivity contribution in [3.8, 4) is 0 Å². The number of nitrogens with zero attached hydrogens (tertiary/aromatic N) is 2. The first-order chi connectivity index (χ1) is 19.6. The van der Waals surface area contributed by atoms with Gasteiger partial charge in [0.05, 0.1) is 13.0 Å². The monoisotopic (exact) mass is 590 g/mol. The van der Waals surface area contributed by atoms with Crippen LogP contribution >= 0.6 is 11.8 Å². The van der Waals surface area contributed by atoms with Gasteiger partial charge in [-0.15, -0.1) is 0 Å². The molecule has 3 rings (SSSR count). The van der Waals surface area contributed by atoms with Crippen molar-refractivity contribution in [1.82, 2.24) is 15.6 Å². The van der Waals surface area contributed by atoms with Crippen LogP contribution in [0.5, 0.6) is 0 Å². The molecule has 0 fully saturated rings. The van der Waals surface area contributed by atoms with E-state index in [1.54, 1.807) is 26.8 Å². The molecule has 2 aliphatic rings. The fraction of sp³-hybridized carbons (Fsp3) is 0.655. The Morgan fingerprint density at radius 1 is 1.22 bits per heavy atom. The Kier molecular flexibility index (Phi) is 12.4. The van der Waals surface area contributed by atoms with Crippen LogP contribution in [0.15, 0.2) is 27.8 Å². The van der Waals surface area contributed by atoms with Crippen molar-refractivity contribution in [2.75, 3.05) is 12.4 Å². The lowest BCUT2D eigenvalue weighted by Crippen LogP contribution is -2.53. The number of ether oxygens (including phenoxy) is 2. The molecule has 11 nitrogen and oxygen atoms in total. The maximum Gasteiger partial charge on any atom is 0.329 e. The number of oxazole rings is 1. The topological polar surface area (TPSA) is 149 Å². The molecule has 0 saturated heterocycles. The highest BCUT2D eigenvalue weighted by molar-refractivity contribution is 8.13. The van der Waals surface area contributed by atoms with Gasteiger partial charge in [-0.25, -0.2) is 14.8 Å². The number of esters is 1. The maximum atomic E-state index is 13.2. The molecular formula is C29H42N4O7S. The minimum Gasteiger partial charge on any atom is -0.473 e. The Labute approximate surface area is 245 Å². The van der Waals surface area contributed by atoms with E-state index in [-0.39, 0.29) is 48.3 Å². The van der Waals surface area contributed by atoms with Gasteiger partial charge in [-0.1, -0.05) is 64.3 Å². The minimum atomic E-state index is -1.27. The smallest absolute Gasteiger partial charge is 0.329 e. The number of fused-ring (bicyclic) bond motifs is 4. The van der Waals surface area contributed by atoms with Crippen molar-refractivity contribution in [1.29, 1.82) is 0 Å². The number of carbonyl (C=O) groups is 4. The molecule has 0 saturated carbocycles. The number of unbranched alkanes of at least 4 members (excludes halogenated alkanes) is 4. The van der Waals surface area contributed by atoms with Gasteiger partial charge in [0.2, 0.25) is 17.7 Å². The van der Waals surface area contributed by atoms with E-state index in [1.807, 2.05) is 6.08 Å². The number of hydrogen-bond donors (Lipinski definition) is 2. The van der Waals surface area contributed by atoms with E-state index in [2.05, 4.69) is 27.5 Å². The zero-order valence-corrected chi connectivity index (χ0v) is 25.2. The van der Waals surface area contributed by atoms with Gasteiger partial charge < -0.3 is 24.5 Å². The molecule has 2 N–H and O–H groups in total. The van der Waals surface area contributed by atoms with E-state index in [1.165, 1.54) is 30.9 Å². The second-order valence-corrected chi connectivity index (χ2v) is 12.0. The van der Waals surface area contributed by atoms with Crippen LogP contribution in [0.1, 0.15) is 90.6 Å². The minimum absolute atomic E-state index is 0.0140. The van der Waals surface area contributed by atoms with Gasteiger partial charge >= 0.3 is 5.97 Å². The second kappa shape index (κ2) is 15.7. The number of cyclic esters (lactones) is 1. The van der Waals surface area contributed by atoms with Crippen molar-refractivity contribution in [3.63, 3.8) is 0 Å². The molecule has 2 aliphatic heterocycles. The molecule has 226 valence electrons. The van der Waals surface area contributed by atoms with Crippen LogP contribution in [0.4, 0.5) is 0 Å². The van der Waals surface area contributed by atoms with Gasteiger partial charge in [-0.3, -0.25) is 14.4 Å². The van der Waals surface area contributed by atoms with Crippen LogP contribution in [-0.2, 0) is 35.2 Å². The standard InChI is InChI=1S/C29H42N4O7S/c1-5-6-7-8-9-13-24(35)41-14-11-10-12-20-15-22(34)30-16-23-31-21(17-38-23)26-33-29(4,18-39-26)28(37)32-25(19(2)3)27(36)40-20/h10,12,17,19-20,25H,5-9,11,13-16,18H2,1-4H3,(H,30,34)(H,32,37)/t20?,25-,29-/m0/s1. The number of aliphatic imine (C=N–C) groups is 1. The number of amides is 2. The SMILES string of the molecule is CCCCCCCC(=O)SCCC=CC1CC(=O)NCc2nc(co2)C2=N[C@@](C)(CO2)C(=O)N[C@@H](C(C)C)C(=O)O1. The van der Waals surface area contributed by atoms with Gasteiger partial charge in [0, 0.05) is 12.2 Å². The largest absolute Gasteiger partial charge is 0.473 e. The zero-order chi connectivity index (χ0) is 29.8. The molecule has 0 aliphatic carbocycles. The third-order valence-corrected chi connectivity index (χ3v) is 7.75. The first kappa shape index (κ1) is 32.4. The van der Waals surface area contributed by atoms with E-state index in [4.69, 9.17) is 13.9 Å². The molecule has 3 atom stereocenters. The molecule has 1 unspecified atom stereocenters. The molecule has 0 spiro atoms. The average molecular weight is 591 g/mol. The zero-order valence-electron chi connectivity index (χ0n) is 24.4. The lowest BCUT2D eigenvalue weighted by atomic mass is 10.00. The molecule has 0 aromatic carbocycles. The van der Waals surface area contributed by atoms with Crippen LogP contribution < -0.4 is 10.6 Å². The van der Waals surface area contributed by atoms with E-state index in [9.17, 15) is 19.2 Å². The Morgan fingerprint density at radius 2 is 2.00 bits per heavy atom. The first-order valence-corrected chi connectivity index (χ1v) is 15.4. The summed E-state index contributed by atoms with van der Waals surface area (Å²) in [6.45, 7) is 7.34. The van der Waals surface area contributed by atoms with Crippen molar-refractivity contribution in [2.24, 2.45) is 10.9 Å². The fourth-order valence-electron chi connectivity index (χ4n) is 4.26. The van der Waals surface area contributed by atoms with Crippen LogP contribution in [0.2, 0.25) is 0 Å². The number of aromatic nitrogens is 1. The van der Waals surface area contributed by atoms with Crippen molar-refractivity contribution < 1.29 is 33.1 Å². The van der Waals surface area contributed by atoms with Gasteiger partial charge in [-0.2, -0.15) is 0 Å². The summed E-state index contributed by atoms with van der Waals surface area (Å²) in [5.74, 6) is -0.830. The van der Waals surface area contributed by atoms with E-state index in [0.29, 0.717) is 24.3 Å². The van der Waals surface area contributed by atoms with E-state index in [0.717, 1.165) is 19.3 Å². The Balaban J connectivity index is 1.66.